The number of hydrogen-bond acceptors (Lipinski definition) is 0. The highest BCUT2D eigenvalue weighted by Crippen LogP contribution is 2.66. The van der Waals surface area contributed by atoms with E-state index in [1.807, 2.05) is 0 Å². The Morgan fingerprint density at radius 1 is 0.625 bits per heavy atom. The predicted octanol–water partition coefficient (Wildman–Crippen LogP) is 5.93. The van der Waals surface area contributed by atoms with Gasteiger partial charge in [-0.25, -0.2) is 0 Å². The summed E-state index contributed by atoms with van der Waals surface area (Å²) in [7, 11) is 0.222. The molecule has 2 heteroatoms. The van der Waals surface area contributed by atoms with Crippen molar-refractivity contribution in [3.8, 4) is 0 Å². The molecule has 0 rings (SSSR count). The molecule has 0 aliphatic heterocycles. The van der Waals surface area contributed by atoms with Gasteiger partial charge in [-0.2, -0.15) is 0 Å². The summed E-state index contributed by atoms with van der Waals surface area (Å²) in [6.45, 7) is 24.2. The van der Waals surface area contributed by atoms with E-state index in [1.54, 1.807) is 0 Å². The van der Waals surface area contributed by atoms with E-state index in [4.69, 9.17) is 0 Å². The van der Waals surface area contributed by atoms with Crippen LogP contribution in [0.5, 0.6) is 0 Å². The lowest BCUT2D eigenvalue weighted by atomic mass is 10.2. The molecule has 98 valence electrons. The number of hydrogen-bond donors (Lipinski definition) is 0. The van der Waals surface area contributed by atoms with Crippen LogP contribution in [0.25, 0.3) is 0 Å². The molecule has 1 atom stereocenters. The van der Waals surface area contributed by atoms with Gasteiger partial charge in [-0.1, -0.05) is 78.2 Å². The summed E-state index contributed by atoms with van der Waals surface area (Å²) in [4.78, 5) is 0. The van der Waals surface area contributed by atoms with Gasteiger partial charge in [0.25, 0.3) is 0 Å². The van der Waals surface area contributed by atoms with Crippen molar-refractivity contribution in [1.82, 2.24) is 0 Å². The van der Waals surface area contributed by atoms with Gasteiger partial charge in [0.1, 0.15) is 0 Å². The maximum absolute atomic E-state index is 2.49. The lowest BCUT2D eigenvalue weighted by Gasteiger charge is -2.45. The first-order valence-corrected chi connectivity index (χ1v) is 9.75. The van der Waals surface area contributed by atoms with Crippen molar-refractivity contribution in [3.05, 3.63) is 0 Å². The summed E-state index contributed by atoms with van der Waals surface area (Å²) in [6.07, 6.45) is 0. The SMILES string of the molecule is CP(CP(C(C)(C)C)C(C)(C)C)C(C)(C)C. The zero-order chi connectivity index (χ0) is 13.4. The Morgan fingerprint density at radius 2 is 0.938 bits per heavy atom. The van der Waals surface area contributed by atoms with Crippen molar-refractivity contribution in [2.45, 2.75) is 77.8 Å². The minimum Gasteiger partial charge on any atom is -0.0999 e. The summed E-state index contributed by atoms with van der Waals surface area (Å²) in [6, 6.07) is 0. The normalized spacial score (nSPS) is 16.7. The van der Waals surface area contributed by atoms with E-state index in [2.05, 4.69) is 69.0 Å². The molecule has 0 spiro atoms. The summed E-state index contributed by atoms with van der Waals surface area (Å²) >= 11 is 0. The molecule has 0 aromatic heterocycles. The molecule has 0 heterocycles. The van der Waals surface area contributed by atoms with Crippen LogP contribution in [0.1, 0.15) is 62.3 Å². The van der Waals surface area contributed by atoms with Crippen molar-refractivity contribution >= 4 is 15.8 Å². The number of rotatable bonds is 2. The molecule has 0 bridgehead atoms. The Bertz CT molecular complexity index is 198. The molecule has 0 N–H and O–H groups in total. The Labute approximate surface area is 106 Å². The Morgan fingerprint density at radius 3 is 1.12 bits per heavy atom. The van der Waals surface area contributed by atoms with Gasteiger partial charge < -0.3 is 0 Å². The Balaban J connectivity index is 4.85. The highest BCUT2D eigenvalue weighted by atomic mass is 31.2. The smallest absolute Gasteiger partial charge is 0.0109 e. The summed E-state index contributed by atoms with van der Waals surface area (Å²) < 4.78 is 0. The van der Waals surface area contributed by atoms with Crippen LogP contribution in [0, 0.1) is 0 Å². The molecule has 0 aromatic rings. The van der Waals surface area contributed by atoms with Crippen LogP contribution in [0.3, 0.4) is 0 Å². The van der Waals surface area contributed by atoms with Crippen LogP contribution in [0.4, 0.5) is 0 Å². The van der Waals surface area contributed by atoms with E-state index in [9.17, 15) is 0 Å². The topological polar surface area (TPSA) is 0 Å². The molecule has 0 saturated carbocycles. The molecule has 0 radical (unpaired) electrons. The molecule has 0 aliphatic rings. The lowest BCUT2D eigenvalue weighted by Crippen LogP contribution is -2.27. The Kier molecular flexibility index (Phi) is 5.52. The van der Waals surface area contributed by atoms with Gasteiger partial charge in [-0.3, -0.25) is 0 Å². The van der Waals surface area contributed by atoms with Crippen LogP contribution in [-0.2, 0) is 0 Å². The van der Waals surface area contributed by atoms with Crippen molar-refractivity contribution in [3.63, 3.8) is 0 Å². The molecular weight excluding hydrogens is 230 g/mol. The van der Waals surface area contributed by atoms with E-state index < -0.39 is 0 Å². The third-order valence-corrected chi connectivity index (χ3v) is 11.5. The van der Waals surface area contributed by atoms with Crippen molar-refractivity contribution in [1.29, 1.82) is 0 Å². The average Bonchev–Trinajstić information content (AvgIpc) is 1.92. The van der Waals surface area contributed by atoms with Gasteiger partial charge in [0.15, 0.2) is 0 Å². The predicted molar refractivity (Wildman–Crippen MR) is 83.9 cm³/mol. The second-order valence-electron chi connectivity index (χ2n) is 7.78. The molecule has 0 saturated heterocycles. The Hall–Kier alpha value is 0.860. The van der Waals surface area contributed by atoms with Gasteiger partial charge in [0.2, 0.25) is 0 Å². The highest BCUT2D eigenvalue weighted by molar-refractivity contribution is 7.76. The minimum absolute atomic E-state index is 0.0824. The zero-order valence-electron chi connectivity index (χ0n) is 13.1. The van der Waals surface area contributed by atoms with Crippen LogP contribution >= 0.6 is 15.8 Å². The molecule has 0 aromatic carbocycles. The molecule has 0 fully saturated rings. The van der Waals surface area contributed by atoms with Gasteiger partial charge in [-0.15, -0.1) is 0 Å². The fraction of sp³-hybridized carbons (Fsp3) is 1.00. The van der Waals surface area contributed by atoms with E-state index in [-0.39, 0.29) is 15.8 Å². The van der Waals surface area contributed by atoms with Crippen molar-refractivity contribution in [2.75, 3.05) is 12.6 Å². The van der Waals surface area contributed by atoms with Gasteiger partial charge in [0, 0.05) is 0 Å². The molecular formula is C14H32P2. The van der Waals surface area contributed by atoms with E-state index >= 15 is 0 Å². The summed E-state index contributed by atoms with van der Waals surface area (Å²) in [5.41, 5.74) is 0. The fourth-order valence-corrected chi connectivity index (χ4v) is 10.7. The quantitative estimate of drug-likeness (QED) is 0.541. The monoisotopic (exact) mass is 262 g/mol. The summed E-state index contributed by atoms with van der Waals surface area (Å²) in [5.74, 6) is 1.46. The first-order valence-electron chi connectivity index (χ1n) is 6.25. The van der Waals surface area contributed by atoms with E-state index in [0.717, 1.165) is 0 Å². The summed E-state index contributed by atoms with van der Waals surface area (Å²) in [5, 5.41) is 1.47. The molecule has 16 heavy (non-hydrogen) atoms. The lowest BCUT2D eigenvalue weighted by molar-refractivity contribution is 0.708. The fourth-order valence-electron chi connectivity index (χ4n) is 1.85. The third kappa shape index (κ3) is 5.46. The standard InChI is InChI=1S/C14H32P2/c1-12(2,3)15(10)11-16(13(4,5)6)14(7,8)9/h11H2,1-10H3. The molecule has 1 unspecified atom stereocenters. The first-order chi connectivity index (χ1) is 6.76. The van der Waals surface area contributed by atoms with E-state index in [1.165, 1.54) is 5.90 Å². The average molecular weight is 262 g/mol. The second kappa shape index (κ2) is 5.24. The third-order valence-electron chi connectivity index (χ3n) is 3.12. The van der Waals surface area contributed by atoms with Crippen molar-refractivity contribution < 1.29 is 0 Å². The maximum atomic E-state index is 2.49. The van der Waals surface area contributed by atoms with Crippen LogP contribution in [0.2, 0.25) is 0 Å². The maximum Gasteiger partial charge on any atom is -0.0109 e. The van der Waals surface area contributed by atoms with Gasteiger partial charge in [-0.05, 0) is 28.0 Å². The molecule has 0 amide bonds. The van der Waals surface area contributed by atoms with Crippen LogP contribution in [0.15, 0.2) is 0 Å². The molecule has 0 nitrogen and oxygen atoms in total. The van der Waals surface area contributed by atoms with Gasteiger partial charge >= 0.3 is 0 Å². The second-order valence-corrected chi connectivity index (χ2v) is 15.2. The van der Waals surface area contributed by atoms with E-state index in [0.29, 0.717) is 15.5 Å². The highest BCUT2D eigenvalue weighted by Gasteiger charge is 2.36. The van der Waals surface area contributed by atoms with Crippen LogP contribution in [-0.4, -0.2) is 28.0 Å². The van der Waals surface area contributed by atoms with Gasteiger partial charge in [0.05, 0.1) is 0 Å². The first kappa shape index (κ1) is 16.9. The largest absolute Gasteiger partial charge is 0.0999 e. The zero-order valence-corrected chi connectivity index (χ0v) is 14.9. The minimum atomic E-state index is 0.0824. The molecule has 0 aliphatic carbocycles. The van der Waals surface area contributed by atoms with Crippen molar-refractivity contribution in [2.24, 2.45) is 0 Å². The van der Waals surface area contributed by atoms with Crippen LogP contribution < -0.4 is 0 Å².